The molecule has 0 radical (unpaired) electrons. The maximum atomic E-state index is 12.2. The summed E-state index contributed by atoms with van der Waals surface area (Å²) in [6.07, 6.45) is 8.28. The summed E-state index contributed by atoms with van der Waals surface area (Å²) in [5.74, 6) is 0. The van der Waals surface area contributed by atoms with Gasteiger partial charge in [-0.3, -0.25) is 9.58 Å². The highest BCUT2D eigenvalue weighted by atomic mass is 16.5. The van der Waals surface area contributed by atoms with Crippen LogP contribution in [0.3, 0.4) is 0 Å². The van der Waals surface area contributed by atoms with Crippen molar-refractivity contribution in [2.24, 2.45) is 0 Å². The normalized spacial score (nSPS) is 25.0. The van der Waals surface area contributed by atoms with Crippen molar-refractivity contribution in [1.29, 1.82) is 0 Å². The van der Waals surface area contributed by atoms with E-state index >= 15 is 0 Å². The Kier molecular flexibility index (Phi) is 4.94. The Labute approximate surface area is 131 Å². The molecular weight excluding hydrogens is 282 g/mol. The summed E-state index contributed by atoms with van der Waals surface area (Å²) in [5, 5.41) is 10.2. The quantitative estimate of drug-likeness (QED) is 0.859. The zero-order valence-corrected chi connectivity index (χ0v) is 13.1. The maximum absolute atomic E-state index is 12.2. The van der Waals surface area contributed by atoms with Crippen LogP contribution in [0.2, 0.25) is 0 Å². The van der Waals surface area contributed by atoms with Gasteiger partial charge in [0, 0.05) is 31.9 Å². The van der Waals surface area contributed by atoms with Crippen LogP contribution >= 0.6 is 0 Å². The number of anilines is 1. The topological polar surface area (TPSA) is 71.4 Å². The average molecular weight is 307 g/mol. The molecule has 0 bridgehead atoms. The van der Waals surface area contributed by atoms with Gasteiger partial charge < -0.3 is 15.4 Å². The molecule has 22 heavy (non-hydrogen) atoms. The minimum atomic E-state index is -0.135. The van der Waals surface area contributed by atoms with E-state index in [4.69, 9.17) is 4.74 Å². The first-order valence-electron chi connectivity index (χ1n) is 8.09. The number of amides is 2. The Morgan fingerprint density at radius 3 is 3.18 bits per heavy atom. The van der Waals surface area contributed by atoms with Crippen LogP contribution in [0.4, 0.5) is 10.5 Å². The van der Waals surface area contributed by atoms with Crippen LogP contribution in [0.25, 0.3) is 0 Å². The number of nitrogens with zero attached hydrogens (tertiary/aromatic N) is 3. The molecule has 3 heterocycles. The number of piperidine rings is 1. The van der Waals surface area contributed by atoms with Gasteiger partial charge in [0.2, 0.25) is 0 Å². The number of carbonyl (C=O) groups excluding carboxylic acids is 1. The zero-order chi connectivity index (χ0) is 15.4. The fourth-order valence-electron chi connectivity index (χ4n) is 3.49. The van der Waals surface area contributed by atoms with E-state index in [1.54, 1.807) is 18.0 Å². The van der Waals surface area contributed by atoms with Gasteiger partial charge in [0.1, 0.15) is 0 Å². The summed E-state index contributed by atoms with van der Waals surface area (Å²) in [7, 11) is 1.66. The van der Waals surface area contributed by atoms with E-state index in [1.807, 2.05) is 6.20 Å². The van der Waals surface area contributed by atoms with Crippen molar-refractivity contribution in [1.82, 2.24) is 20.0 Å². The van der Waals surface area contributed by atoms with Crippen molar-refractivity contribution in [3.63, 3.8) is 0 Å². The number of rotatable bonds is 5. The summed E-state index contributed by atoms with van der Waals surface area (Å²) in [6, 6.07) is 0.650. The first-order chi connectivity index (χ1) is 10.8. The van der Waals surface area contributed by atoms with Gasteiger partial charge in [0.05, 0.1) is 25.0 Å². The molecular formula is C15H25N5O2. The van der Waals surface area contributed by atoms with Crippen LogP contribution in [0.15, 0.2) is 12.4 Å². The van der Waals surface area contributed by atoms with Crippen LogP contribution in [0, 0.1) is 0 Å². The van der Waals surface area contributed by atoms with E-state index in [1.165, 1.54) is 25.8 Å². The highest BCUT2D eigenvalue weighted by molar-refractivity contribution is 5.89. The molecule has 1 aromatic rings. The van der Waals surface area contributed by atoms with Gasteiger partial charge >= 0.3 is 6.03 Å². The first-order valence-corrected chi connectivity index (χ1v) is 8.09. The average Bonchev–Trinajstić information content (AvgIpc) is 3.13. The molecule has 0 unspecified atom stereocenters. The van der Waals surface area contributed by atoms with Crippen molar-refractivity contribution < 1.29 is 9.53 Å². The fourth-order valence-corrected chi connectivity index (χ4v) is 3.49. The number of nitrogens with one attached hydrogen (secondary N) is 2. The van der Waals surface area contributed by atoms with Crippen molar-refractivity contribution in [3.8, 4) is 0 Å². The highest BCUT2D eigenvalue weighted by Gasteiger charge is 2.36. The molecule has 0 aliphatic carbocycles. The van der Waals surface area contributed by atoms with Crippen molar-refractivity contribution in [3.05, 3.63) is 12.4 Å². The van der Waals surface area contributed by atoms with Gasteiger partial charge in [0.25, 0.3) is 0 Å². The summed E-state index contributed by atoms with van der Waals surface area (Å²) in [6.45, 7) is 3.56. The number of aromatic nitrogens is 2. The van der Waals surface area contributed by atoms with Crippen LogP contribution in [-0.2, 0) is 11.3 Å². The molecule has 2 amide bonds. The van der Waals surface area contributed by atoms with Crippen molar-refractivity contribution >= 4 is 11.7 Å². The van der Waals surface area contributed by atoms with E-state index in [-0.39, 0.29) is 12.1 Å². The van der Waals surface area contributed by atoms with Crippen LogP contribution in [0.1, 0.15) is 25.7 Å². The Morgan fingerprint density at radius 1 is 1.41 bits per heavy atom. The van der Waals surface area contributed by atoms with Crippen LogP contribution in [-0.4, -0.2) is 59.6 Å². The Balaban J connectivity index is 1.49. The third-order valence-corrected chi connectivity index (χ3v) is 4.59. The lowest BCUT2D eigenvalue weighted by molar-refractivity contribution is 0.180. The molecule has 2 atom stereocenters. The second kappa shape index (κ2) is 7.11. The summed E-state index contributed by atoms with van der Waals surface area (Å²) >= 11 is 0. The molecule has 3 rings (SSSR count). The third kappa shape index (κ3) is 3.59. The number of methoxy groups -OCH3 is 1. The van der Waals surface area contributed by atoms with Gasteiger partial charge in [-0.15, -0.1) is 0 Å². The van der Waals surface area contributed by atoms with Crippen LogP contribution < -0.4 is 10.6 Å². The summed E-state index contributed by atoms with van der Waals surface area (Å²) in [5.41, 5.74) is 0.715. The fraction of sp³-hybridized carbons (Fsp3) is 0.733. The lowest BCUT2D eigenvalue weighted by atomic mass is 9.99. The Hall–Kier alpha value is -1.60. The monoisotopic (exact) mass is 307 g/mol. The number of hydrogen-bond donors (Lipinski definition) is 2. The molecule has 0 saturated carbocycles. The second-order valence-electron chi connectivity index (χ2n) is 6.08. The summed E-state index contributed by atoms with van der Waals surface area (Å²) < 4.78 is 6.77. The minimum Gasteiger partial charge on any atom is -0.383 e. The molecule has 7 nitrogen and oxygen atoms in total. The molecule has 122 valence electrons. The van der Waals surface area contributed by atoms with Gasteiger partial charge in [-0.2, -0.15) is 5.10 Å². The van der Waals surface area contributed by atoms with Gasteiger partial charge in [-0.25, -0.2) is 4.79 Å². The van der Waals surface area contributed by atoms with Crippen molar-refractivity contribution in [2.75, 3.05) is 32.1 Å². The number of hydrogen-bond acceptors (Lipinski definition) is 4. The van der Waals surface area contributed by atoms with E-state index in [0.717, 1.165) is 13.0 Å². The number of urea groups is 1. The number of ether oxygens (including phenoxy) is 1. The van der Waals surface area contributed by atoms with Gasteiger partial charge in [0.15, 0.2) is 0 Å². The molecule has 2 aliphatic heterocycles. The minimum absolute atomic E-state index is 0.135. The molecule has 0 spiro atoms. The number of carbonyl (C=O) groups is 1. The van der Waals surface area contributed by atoms with E-state index in [0.29, 0.717) is 24.9 Å². The Morgan fingerprint density at radius 2 is 2.32 bits per heavy atom. The number of fused-ring (bicyclic) bond motifs is 1. The largest absolute Gasteiger partial charge is 0.383 e. The van der Waals surface area contributed by atoms with E-state index < -0.39 is 0 Å². The van der Waals surface area contributed by atoms with Crippen molar-refractivity contribution in [2.45, 2.75) is 44.3 Å². The predicted octanol–water partition coefficient (Wildman–Crippen LogP) is 1.28. The molecule has 2 saturated heterocycles. The summed E-state index contributed by atoms with van der Waals surface area (Å²) in [4.78, 5) is 14.7. The predicted molar refractivity (Wildman–Crippen MR) is 83.9 cm³/mol. The lowest BCUT2D eigenvalue weighted by Crippen LogP contribution is -2.47. The molecule has 2 N–H and O–H groups in total. The zero-order valence-electron chi connectivity index (χ0n) is 13.1. The van der Waals surface area contributed by atoms with Gasteiger partial charge in [-0.1, -0.05) is 6.42 Å². The third-order valence-electron chi connectivity index (χ3n) is 4.59. The SMILES string of the molecule is COCCn1cc(NC(=O)N[C@@H]2CCN3CCCC[C@@H]23)cn1. The lowest BCUT2D eigenvalue weighted by Gasteiger charge is -2.32. The molecule has 7 heteroatoms. The molecule has 2 fully saturated rings. The first kappa shape index (κ1) is 15.3. The van der Waals surface area contributed by atoms with Gasteiger partial charge in [-0.05, 0) is 25.8 Å². The van der Waals surface area contributed by atoms with E-state index in [2.05, 4.69) is 20.6 Å². The molecule has 1 aromatic heterocycles. The highest BCUT2D eigenvalue weighted by Crippen LogP contribution is 2.27. The smallest absolute Gasteiger partial charge is 0.319 e. The second-order valence-corrected chi connectivity index (χ2v) is 6.08. The van der Waals surface area contributed by atoms with E-state index in [9.17, 15) is 4.79 Å². The molecule has 2 aliphatic rings. The molecule has 0 aromatic carbocycles. The Bertz CT molecular complexity index is 504. The van der Waals surface area contributed by atoms with Crippen LogP contribution in [0.5, 0.6) is 0 Å². The standard InChI is InChI=1S/C15H25N5O2/c1-22-9-8-20-11-12(10-16-20)17-15(21)18-13-5-7-19-6-3-2-4-14(13)19/h10-11,13-14H,2-9H2,1H3,(H2,17,18,21)/t13-,14+/m1/s1. The maximum Gasteiger partial charge on any atom is 0.319 e.